The molecule has 0 bridgehead atoms. The molecule has 1 aromatic carbocycles. The zero-order valence-corrected chi connectivity index (χ0v) is 12.4. The van der Waals surface area contributed by atoms with Crippen LogP contribution in [0.15, 0.2) is 18.2 Å². The molecular weight excluding hydrogens is 275 g/mol. The molecule has 116 valence electrons. The molecule has 0 saturated carbocycles. The van der Waals surface area contributed by atoms with Gasteiger partial charge in [0, 0.05) is 33.1 Å². The molecule has 0 radical (unpaired) electrons. The van der Waals surface area contributed by atoms with Crippen LogP contribution in [-0.2, 0) is 4.79 Å². The number of benzene rings is 1. The number of halogens is 1. The molecule has 1 fully saturated rings. The highest BCUT2D eigenvalue weighted by Gasteiger charge is 2.23. The van der Waals surface area contributed by atoms with E-state index in [1.54, 1.807) is 18.2 Å². The van der Waals surface area contributed by atoms with E-state index < -0.39 is 12.6 Å². The average molecular weight is 296 g/mol. The summed E-state index contributed by atoms with van der Waals surface area (Å²) in [6, 6.07) is 4.88. The number of carbonyl (C=O) groups excluding carboxylic acids is 1. The van der Waals surface area contributed by atoms with Crippen LogP contribution in [0.25, 0.3) is 0 Å². The predicted octanol–water partition coefficient (Wildman–Crippen LogP) is 1.54. The lowest BCUT2D eigenvalue weighted by Gasteiger charge is -2.33. The number of ether oxygens (including phenoxy) is 2. The highest BCUT2D eigenvalue weighted by Crippen LogP contribution is 2.32. The Morgan fingerprint density at radius 3 is 2.67 bits per heavy atom. The van der Waals surface area contributed by atoms with E-state index in [4.69, 9.17) is 9.47 Å². The van der Waals surface area contributed by atoms with Gasteiger partial charge in [-0.2, -0.15) is 0 Å². The van der Waals surface area contributed by atoms with Crippen molar-refractivity contribution in [1.29, 1.82) is 0 Å². The maximum Gasteiger partial charge on any atom is 0.308 e. The average Bonchev–Trinajstić information content (AvgIpc) is 2.50. The quantitative estimate of drug-likeness (QED) is 0.660. The van der Waals surface area contributed by atoms with Crippen molar-refractivity contribution in [2.75, 3.05) is 40.0 Å². The van der Waals surface area contributed by atoms with Crippen molar-refractivity contribution in [3.05, 3.63) is 23.8 Å². The van der Waals surface area contributed by atoms with Crippen LogP contribution in [0, 0.1) is 0 Å². The van der Waals surface area contributed by atoms with Crippen molar-refractivity contribution in [1.82, 2.24) is 10.2 Å². The van der Waals surface area contributed by atoms with Crippen molar-refractivity contribution >= 4 is 5.97 Å². The first-order chi connectivity index (χ1) is 10.2. The standard InChI is InChI=1S/C15H21FN2O3/c1-11(19)21-14-4-3-12(9-15(14)20-2)13(10-16)18-7-5-17-6-8-18/h3-4,9,13,17H,5-8,10H2,1-2H3/t13-/m0/s1. The van der Waals surface area contributed by atoms with E-state index in [0.29, 0.717) is 11.5 Å². The van der Waals surface area contributed by atoms with Gasteiger partial charge in [0.15, 0.2) is 11.5 Å². The second-order valence-corrected chi connectivity index (χ2v) is 4.96. The smallest absolute Gasteiger partial charge is 0.308 e. The number of carbonyl (C=O) groups is 1. The van der Waals surface area contributed by atoms with Crippen LogP contribution in [-0.4, -0.2) is 50.8 Å². The Balaban J connectivity index is 2.22. The monoisotopic (exact) mass is 296 g/mol. The van der Waals surface area contributed by atoms with Gasteiger partial charge in [-0.15, -0.1) is 0 Å². The summed E-state index contributed by atoms with van der Waals surface area (Å²) in [6.07, 6.45) is 0. The first-order valence-corrected chi connectivity index (χ1v) is 7.02. The van der Waals surface area contributed by atoms with Gasteiger partial charge in [-0.25, -0.2) is 4.39 Å². The molecule has 1 saturated heterocycles. The van der Waals surface area contributed by atoms with E-state index in [0.717, 1.165) is 31.7 Å². The second kappa shape index (κ2) is 7.38. The molecule has 21 heavy (non-hydrogen) atoms. The molecule has 6 heteroatoms. The van der Waals surface area contributed by atoms with Crippen LogP contribution in [0.3, 0.4) is 0 Å². The number of hydrogen-bond acceptors (Lipinski definition) is 5. The SMILES string of the molecule is COc1cc([C@H](CF)N2CCNCC2)ccc1OC(C)=O. The maximum absolute atomic E-state index is 13.5. The molecule has 1 aliphatic heterocycles. The largest absolute Gasteiger partial charge is 0.493 e. The lowest BCUT2D eigenvalue weighted by atomic mass is 10.0. The molecule has 0 aliphatic carbocycles. The number of methoxy groups -OCH3 is 1. The first-order valence-electron chi connectivity index (χ1n) is 7.02. The first kappa shape index (κ1) is 15.7. The third kappa shape index (κ3) is 3.92. The van der Waals surface area contributed by atoms with Crippen LogP contribution in [0.4, 0.5) is 4.39 Å². The maximum atomic E-state index is 13.5. The van der Waals surface area contributed by atoms with E-state index in [2.05, 4.69) is 10.2 Å². The minimum atomic E-state index is -0.462. The molecule has 0 unspecified atom stereocenters. The predicted molar refractivity (Wildman–Crippen MR) is 77.5 cm³/mol. The Morgan fingerprint density at radius 2 is 2.10 bits per heavy atom. The van der Waals surface area contributed by atoms with Gasteiger partial charge in [-0.05, 0) is 17.7 Å². The van der Waals surface area contributed by atoms with Gasteiger partial charge < -0.3 is 14.8 Å². The molecule has 1 heterocycles. The summed E-state index contributed by atoms with van der Waals surface area (Å²) in [4.78, 5) is 13.2. The van der Waals surface area contributed by atoms with E-state index in [1.165, 1.54) is 14.0 Å². The zero-order chi connectivity index (χ0) is 15.2. The summed E-state index contributed by atoms with van der Waals surface area (Å²) in [5, 5.41) is 3.25. The molecule has 1 N–H and O–H groups in total. The number of hydrogen-bond donors (Lipinski definition) is 1. The second-order valence-electron chi connectivity index (χ2n) is 4.96. The van der Waals surface area contributed by atoms with Gasteiger partial charge in [-0.1, -0.05) is 6.07 Å². The van der Waals surface area contributed by atoms with Crippen LogP contribution in [0.2, 0.25) is 0 Å². The number of nitrogens with zero attached hydrogens (tertiary/aromatic N) is 1. The Bertz CT molecular complexity index is 490. The molecule has 1 aromatic rings. The highest BCUT2D eigenvalue weighted by molar-refractivity contribution is 5.70. The van der Waals surface area contributed by atoms with E-state index in [9.17, 15) is 9.18 Å². The number of nitrogens with one attached hydrogen (secondary N) is 1. The number of rotatable bonds is 5. The van der Waals surface area contributed by atoms with Crippen LogP contribution in [0.1, 0.15) is 18.5 Å². The van der Waals surface area contributed by atoms with E-state index >= 15 is 0 Å². The van der Waals surface area contributed by atoms with Crippen molar-refractivity contribution < 1.29 is 18.7 Å². The lowest BCUT2D eigenvalue weighted by molar-refractivity contribution is -0.132. The molecule has 0 aromatic heterocycles. The Hall–Kier alpha value is -1.66. The number of alkyl halides is 1. The molecule has 2 rings (SSSR count). The Morgan fingerprint density at radius 1 is 1.38 bits per heavy atom. The topological polar surface area (TPSA) is 50.8 Å². The van der Waals surface area contributed by atoms with Crippen LogP contribution < -0.4 is 14.8 Å². The van der Waals surface area contributed by atoms with Crippen molar-refractivity contribution in [2.45, 2.75) is 13.0 Å². The normalized spacial score (nSPS) is 17.3. The van der Waals surface area contributed by atoms with Crippen LogP contribution >= 0.6 is 0 Å². The summed E-state index contributed by atoms with van der Waals surface area (Å²) in [6.45, 7) is 4.21. The summed E-state index contributed by atoms with van der Waals surface area (Å²) in [5.41, 5.74) is 0.826. The molecule has 1 atom stereocenters. The number of piperazine rings is 1. The fourth-order valence-electron chi connectivity index (χ4n) is 2.52. The van der Waals surface area contributed by atoms with Gasteiger partial charge >= 0.3 is 5.97 Å². The van der Waals surface area contributed by atoms with Crippen molar-refractivity contribution in [2.24, 2.45) is 0 Å². The lowest BCUT2D eigenvalue weighted by Crippen LogP contribution is -2.45. The van der Waals surface area contributed by atoms with Gasteiger partial charge in [0.2, 0.25) is 0 Å². The minimum Gasteiger partial charge on any atom is -0.493 e. The van der Waals surface area contributed by atoms with Gasteiger partial charge in [0.25, 0.3) is 0 Å². The van der Waals surface area contributed by atoms with Gasteiger partial charge in [-0.3, -0.25) is 9.69 Å². The van der Waals surface area contributed by atoms with Crippen molar-refractivity contribution in [3.8, 4) is 11.5 Å². The van der Waals surface area contributed by atoms with E-state index in [1.807, 2.05) is 0 Å². The van der Waals surface area contributed by atoms with Gasteiger partial charge in [0.05, 0.1) is 13.2 Å². The minimum absolute atomic E-state index is 0.299. The molecule has 0 amide bonds. The molecule has 0 spiro atoms. The third-order valence-electron chi connectivity index (χ3n) is 3.56. The van der Waals surface area contributed by atoms with Crippen LogP contribution in [0.5, 0.6) is 11.5 Å². The molecule has 1 aliphatic rings. The van der Waals surface area contributed by atoms with Gasteiger partial charge in [0.1, 0.15) is 6.67 Å². The summed E-state index contributed by atoms with van der Waals surface area (Å²) in [7, 11) is 1.50. The van der Waals surface area contributed by atoms with Crippen molar-refractivity contribution in [3.63, 3.8) is 0 Å². The summed E-state index contributed by atoms with van der Waals surface area (Å²) >= 11 is 0. The zero-order valence-electron chi connectivity index (χ0n) is 12.4. The Labute approximate surface area is 124 Å². The third-order valence-corrected chi connectivity index (χ3v) is 3.56. The summed E-state index contributed by atoms with van der Waals surface area (Å²) in [5.74, 6) is 0.383. The Kier molecular flexibility index (Phi) is 5.52. The number of esters is 1. The van der Waals surface area contributed by atoms with E-state index in [-0.39, 0.29) is 6.04 Å². The molecule has 5 nitrogen and oxygen atoms in total. The molecular formula is C15H21FN2O3. The fraction of sp³-hybridized carbons (Fsp3) is 0.533. The summed E-state index contributed by atoms with van der Waals surface area (Å²) < 4.78 is 23.8. The fourth-order valence-corrected chi connectivity index (χ4v) is 2.52. The highest BCUT2D eigenvalue weighted by atomic mass is 19.1.